The number of aryl methyl sites for hydroxylation is 2. The van der Waals surface area contributed by atoms with Crippen LogP contribution >= 0.6 is 11.6 Å². The Kier molecular flexibility index (Phi) is 4.99. The monoisotopic (exact) mass is 290 g/mol. The molecule has 2 rings (SSSR count). The predicted octanol–water partition coefficient (Wildman–Crippen LogP) is 4.25. The van der Waals surface area contributed by atoms with Gasteiger partial charge in [0.05, 0.1) is 0 Å². The van der Waals surface area contributed by atoms with Crippen molar-refractivity contribution in [1.29, 1.82) is 0 Å². The second-order valence-electron chi connectivity index (χ2n) is 4.75. The van der Waals surface area contributed by atoms with Crippen LogP contribution in [0.3, 0.4) is 0 Å². The summed E-state index contributed by atoms with van der Waals surface area (Å²) in [4.78, 5) is 4.41. The first kappa shape index (κ1) is 14.8. The van der Waals surface area contributed by atoms with Crippen LogP contribution in [0, 0.1) is 13.8 Å². The highest BCUT2D eigenvalue weighted by Crippen LogP contribution is 2.27. The largest absolute Gasteiger partial charge is 0.439 e. The van der Waals surface area contributed by atoms with Crippen molar-refractivity contribution in [2.45, 2.75) is 27.3 Å². The fourth-order valence-corrected chi connectivity index (χ4v) is 2.09. The van der Waals surface area contributed by atoms with Crippen molar-refractivity contribution in [2.24, 2.45) is 0 Å². The molecule has 0 unspecified atom stereocenters. The first-order valence-electron chi connectivity index (χ1n) is 6.70. The van der Waals surface area contributed by atoms with E-state index in [1.54, 1.807) is 0 Å². The van der Waals surface area contributed by atoms with E-state index >= 15 is 0 Å². The molecule has 1 heterocycles. The lowest BCUT2D eigenvalue weighted by Gasteiger charge is -2.11. The van der Waals surface area contributed by atoms with Crippen LogP contribution < -0.4 is 10.1 Å². The minimum atomic E-state index is 0.600. The first-order chi connectivity index (χ1) is 9.58. The molecule has 0 aliphatic heterocycles. The molecule has 1 aromatic carbocycles. The molecule has 0 atom stereocenters. The molecular formula is C16H19ClN2O. The van der Waals surface area contributed by atoms with Gasteiger partial charge in [0, 0.05) is 23.3 Å². The Hall–Kier alpha value is -1.58. The van der Waals surface area contributed by atoms with Gasteiger partial charge in [-0.25, -0.2) is 4.98 Å². The van der Waals surface area contributed by atoms with E-state index in [1.165, 1.54) is 0 Å². The third-order valence-electron chi connectivity index (χ3n) is 2.93. The summed E-state index contributed by atoms with van der Waals surface area (Å²) in [5.74, 6) is 1.34. The molecule has 3 nitrogen and oxygen atoms in total. The number of aromatic nitrogens is 1. The highest BCUT2D eigenvalue weighted by molar-refractivity contribution is 6.30. The highest BCUT2D eigenvalue weighted by atomic mass is 35.5. The molecule has 0 fully saturated rings. The van der Waals surface area contributed by atoms with Gasteiger partial charge in [0.1, 0.15) is 5.75 Å². The Bertz CT molecular complexity index is 599. The van der Waals surface area contributed by atoms with Gasteiger partial charge in [-0.05, 0) is 49.7 Å². The highest BCUT2D eigenvalue weighted by Gasteiger charge is 2.06. The minimum Gasteiger partial charge on any atom is -0.439 e. The molecule has 0 radical (unpaired) electrons. The number of nitrogens with one attached hydrogen (secondary N) is 1. The third-order valence-corrected chi connectivity index (χ3v) is 3.17. The zero-order valence-electron chi connectivity index (χ0n) is 12.0. The number of ether oxygens (including phenoxy) is 1. The Morgan fingerprint density at radius 2 is 2.00 bits per heavy atom. The molecule has 0 saturated carbocycles. The lowest BCUT2D eigenvalue weighted by Crippen LogP contribution is -2.12. The van der Waals surface area contributed by atoms with Crippen LogP contribution in [0.4, 0.5) is 0 Å². The van der Waals surface area contributed by atoms with E-state index < -0.39 is 0 Å². The van der Waals surface area contributed by atoms with Gasteiger partial charge < -0.3 is 10.1 Å². The van der Waals surface area contributed by atoms with E-state index in [9.17, 15) is 0 Å². The molecule has 0 amide bonds. The molecule has 4 heteroatoms. The molecule has 0 saturated heterocycles. The summed E-state index contributed by atoms with van der Waals surface area (Å²) in [7, 11) is 0. The fraction of sp³-hybridized carbons (Fsp3) is 0.312. The second kappa shape index (κ2) is 6.73. The van der Waals surface area contributed by atoms with Crippen LogP contribution in [0.1, 0.15) is 23.7 Å². The van der Waals surface area contributed by atoms with Crippen molar-refractivity contribution in [2.75, 3.05) is 6.54 Å². The number of hydrogen-bond donors (Lipinski definition) is 1. The van der Waals surface area contributed by atoms with Gasteiger partial charge in [-0.15, -0.1) is 0 Å². The van der Waals surface area contributed by atoms with Crippen LogP contribution in [0.2, 0.25) is 5.02 Å². The Balaban J connectivity index is 2.24. The van der Waals surface area contributed by atoms with Crippen molar-refractivity contribution in [3.63, 3.8) is 0 Å². The van der Waals surface area contributed by atoms with Crippen LogP contribution in [-0.2, 0) is 6.54 Å². The lowest BCUT2D eigenvalue weighted by molar-refractivity contribution is 0.457. The molecule has 0 bridgehead atoms. The van der Waals surface area contributed by atoms with Gasteiger partial charge in [0.2, 0.25) is 5.88 Å². The van der Waals surface area contributed by atoms with Gasteiger partial charge >= 0.3 is 0 Å². The molecule has 106 valence electrons. The van der Waals surface area contributed by atoms with Gasteiger partial charge in [0.25, 0.3) is 0 Å². The van der Waals surface area contributed by atoms with Crippen molar-refractivity contribution >= 4 is 11.6 Å². The van der Waals surface area contributed by atoms with E-state index in [-0.39, 0.29) is 0 Å². The van der Waals surface area contributed by atoms with Gasteiger partial charge in [-0.3, -0.25) is 0 Å². The maximum absolute atomic E-state index is 6.00. The summed E-state index contributed by atoms with van der Waals surface area (Å²) in [6, 6.07) is 9.61. The van der Waals surface area contributed by atoms with Crippen molar-refractivity contribution in [1.82, 2.24) is 10.3 Å². The zero-order chi connectivity index (χ0) is 14.5. The summed E-state index contributed by atoms with van der Waals surface area (Å²) in [5.41, 5.74) is 3.13. The number of hydrogen-bond acceptors (Lipinski definition) is 3. The molecule has 20 heavy (non-hydrogen) atoms. The lowest BCUT2D eigenvalue weighted by atomic mass is 10.2. The van der Waals surface area contributed by atoms with Gasteiger partial charge in [-0.1, -0.05) is 24.6 Å². The normalized spacial score (nSPS) is 10.6. The zero-order valence-corrected chi connectivity index (χ0v) is 12.8. The minimum absolute atomic E-state index is 0.600. The molecular weight excluding hydrogens is 272 g/mol. The molecule has 1 N–H and O–H groups in total. The third kappa shape index (κ3) is 3.95. The molecule has 0 spiro atoms. The van der Waals surface area contributed by atoms with Crippen molar-refractivity contribution in [3.8, 4) is 11.6 Å². The topological polar surface area (TPSA) is 34.2 Å². The van der Waals surface area contributed by atoms with Crippen LogP contribution in [0.15, 0.2) is 30.3 Å². The van der Waals surface area contributed by atoms with Crippen LogP contribution in [-0.4, -0.2) is 11.5 Å². The maximum atomic E-state index is 6.00. The van der Waals surface area contributed by atoms with Crippen molar-refractivity contribution < 1.29 is 4.74 Å². The molecule has 2 aromatic rings. The van der Waals surface area contributed by atoms with Crippen molar-refractivity contribution in [3.05, 3.63) is 52.2 Å². The van der Waals surface area contributed by atoms with E-state index in [2.05, 4.69) is 23.3 Å². The summed E-state index contributed by atoms with van der Waals surface area (Å²) in [6.07, 6.45) is 0. The number of pyridine rings is 1. The Morgan fingerprint density at radius 3 is 2.75 bits per heavy atom. The quantitative estimate of drug-likeness (QED) is 0.894. The fourth-order valence-electron chi connectivity index (χ4n) is 1.93. The SMILES string of the molecule is CCNCc1cc(C)nc(Oc2cc(Cl)ccc2C)c1. The summed E-state index contributed by atoms with van der Waals surface area (Å²) < 4.78 is 5.87. The molecule has 0 aliphatic carbocycles. The predicted molar refractivity (Wildman–Crippen MR) is 82.6 cm³/mol. The molecule has 1 aromatic heterocycles. The number of benzene rings is 1. The summed E-state index contributed by atoms with van der Waals surface area (Å²) in [6.45, 7) is 7.78. The first-order valence-corrected chi connectivity index (χ1v) is 7.08. The summed E-state index contributed by atoms with van der Waals surface area (Å²) in [5, 5.41) is 3.96. The maximum Gasteiger partial charge on any atom is 0.219 e. The van der Waals surface area contributed by atoms with Crippen LogP contribution in [0.5, 0.6) is 11.6 Å². The van der Waals surface area contributed by atoms with E-state index in [0.717, 1.165) is 35.7 Å². The standard InChI is InChI=1S/C16H19ClN2O/c1-4-18-10-13-7-12(3)19-16(8-13)20-15-9-14(17)6-5-11(15)2/h5-9,18H,4,10H2,1-3H3. The molecule has 0 aliphatic rings. The number of rotatable bonds is 5. The van der Waals surface area contributed by atoms with Gasteiger partial charge in [-0.2, -0.15) is 0 Å². The van der Waals surface area contributed by atoms with E-state index in [4.69, 9.17) is 16.3 Å². The average molecular weight is 291 g/mol. The number of halogens is 1. The van der Waals surface area contributed by atoms with Gasteiger partial charge in [0.15, 0.2) is 0 Å². The Labute approximate surface area is 124 Å². The smallest absolute Gasteiger partial charge is 0.219 e. The van der Waals surface area contributed by atoms with Crippen LogP contribution in [0.25, 0.3) is 0 Å². The average Bonchev–Trinajstić information content (AvgIpc) is 2.40. The van der Waals surface area contributed by atoms with E-state index in [0.29, 0.717) is 10.9 Å². The summed E-state index contributed by atoms with van der Waals surface area (Å²) >= 11 is 6.00. The Morgan fingerprint density at radius 1 is 1.20 bits per heavy atom. The number of nitrogens with zero attached hydrogens (tertiary/aromatic N) is 1. The second-order valence-corrected chi connectivity index (χ2v) is 5.18. The van der Waals surface area contributed by atoms with E-state index in [1.807, 2.05) is 38.1 Å².